The maximum absolute atomic E-state index is 11.7. The van der Waals surface area contributed by atoms with Gasteiger partial charge in [0.2, 0.25) is 0 Å². The van der Waals surface area contributed by atoms with Gasteiger partial charge in [0.15, 0.2) is 0 Å². The van der Waals surface area contributed by atoms with Gasteiger partial charge in [-0.2, -0.15) is 0 Å². The Labute approximate surface area is 205 Å². The van der Waals surface area contributed by atoms with E-state index in [0.29, 0.717) is 43.9 Å². The van der Waals surface area contributed by atoms with Gasteiger partial charge < -0.3 is 25.5 Å². The highest BCUT2D eigenvalue weighted by atomic mass is 16.4. The molecule has 13 atom stereocenters. The van der Waals surface area contributed by atoms with Crippen LogP contribution in [0.2, 0.25) is 0 Å². The predicted octanol–water partition coefficient (Wildman–Crippen LogP) is 3.69. The maximum atomic E-state index is 11.7. The summed E-state index contributed by atoms with van der Waals surface area (Å²) in [7, 11) is 0. The first kappa shape index (κ1) is 26.4. The van der Waals surface area contributed by atoms with Gasteiger partial charge in [-0.15, -0.1) is 0 Å². The summed E-state index contributed by atoms with van der Waals surface area (Å²) >= 11 is 0. The summed E-state index contributed by atoms with van der Waals surface area (Å²) in [6.45, 7) is 10.5. The van der Waals surface area contributed by atoms with E-state index in [1.807, 2.05) is 13.8 Å². The zero-order valence-electron chi connectivity index (χ0n) is 21.7. The molecule has 196 valence electrons. The van der Waals surface area contributed by atoms with Crippen LogP contribution in [0.15, 0.2) is 0 Å². The lowest BCUT2D eigenvalue weighted by molar-refractivity contribution is -0.234. The summed E-state index contributed by atoms with van der Waals surface area (Å²) < 4.78 is 0. The summed E-state index contributed by atoms with van der Waals surface area (Å²) in [4.78, 5) is 11.7. The predicted molar refractivity (Wildman–Crippen MR) is 130 cm³/mol. The first-order valence-electron chi connectivity index (χ1n) is 13.8. The van der Waals surface area contributed by atoms with Gasteiger partial charge in [0.05, 0.1) is 30.3 Å². The Balaban J connectivity index is 1.56. The van der Waals surface area contributed by atoms with E-state index < -0.39 is 30.4 Å². The van der Waals surface area contributed by atoms with Gasteiger partial charge >= 0.3 is 5.97 Å². The number of carboxylic acid groups (broad SMARTS) is 1. The molecule has 0 heterocycles. The van der Waals surface area contributed by atoms with Gasteiger partial charge in [0, 0.05) is 0 Å². The summed E-state index contributed by atoms with van der Waals surface area (Å²) in [6, 6.07) is 0. The van der Waals surface area contributed by atoms with Crippen LogP contribution >= 0.6 is 0 Å². The van der Waals surface area contributed by atoms with Crippen molar-refractivity contribution in [2.24, 2.45) is 58.2 Å². The average molecular weight is 481 g/mol. The Kier molecular flexibility index (Phi) is 7.23. The molecule has 34 heavy (non-hydrogen) atoms. The summed E-state index contributed by atoms with van der Waals surface area (Å²) in [5.41, 5.74) is -0.693. The van der Waals surface area contributed by atoms with Crippen molar-refractivity contribution in [3.63, 3.8) is 0 Å². The van der Waals surface area contributed by atoms with Crippen LogP contribution in [0.25, 0.3) is 0 Å². The second kappa shape index (κ2) is 9.32. The molecular weight excluding hydrogens is 432 g/mol. The molecule has 1 unspecified atom stereocenters. The molecule has 6 nitrogen and oxygen atoms in total. The number of hydrogen-bond donors (Lipinski definition) is 5. The molecule has 0 radical (unpaired) electrons. The molecule has 0 saturated heterocycles. The van der Waals surface area contributed by atoms with E-state index in [9.17, 15) is 30.3 Å². The number of carboxylic acids is 1. The molecule has 4 fully saturated rings. The molecule has 5 N–H and O–H groups in total. The highest BCUT2D eigenvalue weighted by molar-refractivity contribution is 5.70. The summed E-state index contributed by atoms with van der Waals surface area (Å²) in [5.74, 6) is 0.00891. The molecule has 6 heteroatoms. The van der Waals surface area contributed by atoms with Crippen LogP contribution in [-0.2, 0) is 4.79 Å². The molecular formula is C28H48O6. The lowest BCUT2D eigenvalue weighted by Crippen LogP contribution is -2.65. The second-order valence-corrected chi connectivity index (χ2v) is 13.3. The van der Waals surface area contributed by atoms with Crippen LogP contribution in [0.4, 0.5) is 0 Å². The fraction of sp³-hybridized carbons (Fsp3) is 0.964. The topological polar surface area (TPSA) is 118 Å². The first-order chi connectivity index (χ1) is 15.8. The van der Waals surface area contributed by atoms with E-state index in [1.165, 1.54) is 0 Å². The number of rotatable bonds is 6. The van der Waals surface area contributed by atoms with E-state index >= 15 is 0 Å². The molecule has 0 aromatic carbocycles. The normalized spacial score (nSPS) is 50.2. The number of carbonyl (C=O) groups is 1. The van der Waals surface area contributed by atoms with E-state index in [4.69, 9.17) is 0 Å². The second-order valence-electron chi connectivity index (χ2n) is 13.3. The third-order valence-electron chi connectivity index (χ3n) is 11.7. The minimum Gasteiger partial charge on any atom is -0.481 e. The highest BCUT2D eigenvalue weighted by Crippen LogP contribution is 2.68. The van der Waals surface area contributed by atoms with E-state index in [1.54, 1.807) is 0 Å². The van der Waals surface area contributed by atoms with Crippen LogP contribution in [0, 0.1) is 58.2 Å². The van der Waals surface area contributed by atoms with Gasteiger partial charge in [0.25, 0.3) is 0 Å². The lowest BCUT2D eigenvalue weighted by Gasteiger charge is -2.64. The van der Waals surface area contributed by atoms with Crippen molar-refractivity contribution in [3.05, 3.63) is 0 Å². The average Bonchev–Trinajstić information content (AvgIpc) is 3.09. The number of hydrogen-bond acceptors (Lipinski definition) is 5. The molecule has 4 rings (SSSR count). The lowest BCUT2D eigenvalue weighted by atomic mass is 9.42. The van der Waals surface area contributed by atoms with Crippen molar-refractivity contribution in [2.75, 3.05) is 0 Å². The Bertz CT molecular complexity index is 755. The largest absolute Gasteiger partial charge is 0.481 e. The van der Waals surface area contributed by atoms with Gasteiger partial charge in [-0.1, -0.05) is 34.6 Å². The Morgan fingerprint density at radius 2 is 1.50 bits per heavy atom. The van der Waals surface area contributed by atoms with Crippen LogP contribution in [0.5, 0.6) is 0 Å². The quantitative estimate of drug-likeness (QED) is 0.396. The minimum atomic E-state index is -0.720. The Morgan fingerprint density at radius 3 is 2.12 bits per heavy atom. The van der Waals surface area contributed by atoms with Gasteiger partial charge in [-0.05, 0) is 104 Å². The smallest absolute Gasteiger partial charge is 0.306 e. The molecule has 0 aromatic heterocycles. The zero-order chi connectivity index (χ0) is 25.2. The third-order valence-corrected chi connectivity index (χ3v) is 11.7. The molecule has 0 spiro atoms. The zero-order valence-corrected chi connectivity index (χ0v) is 21.7. The standard InChI is InChI=1S/C28H48O6/c1-14(2)18(26(33)34)7-6-15(3)19-8-9-20-25-21(13-24(32)28(19,20)5)27(4)16(11-22(25)30)10-17(29)12-23(27)31/h14-25,29-32H,6-13H2,1-5H3,(H,33,34)/t15-,16+,17+,18?,19-,20+,21+,22-,23-,24+,25+,27+,28-/m1/s1. The van der Waals surface area contributed by atoms with Crippen molar-refractivity contribution < 1.29 is 30.3 Å². The maximum Gasteiger partial charge on any atom is 0.306 e. The Hall–Kier alpha value is -0.690. The summed E-state index contributed by atoms with van der Waals surface area (Å²) in [6.07, 6.45) is 3.54. The molecule has 0 aromatic rings. The molecule has 4 aliphatic rings. The van der Waals surface area contributed by atoms with Crippen molar-refractivity contribution in [1.82, 2.24) is 0 Å². The third kappa shape index (κ3) is 3.95. The number of fused-ring (bicyclic) bond motifs is 5. The molecule has 4 saturated carbocycles. The van der Waals surface area contributed by atoms with Crippen LogP contribution in [0.1, 0.15) is 86.0 Å². The number of aliphatic hydroxyl groups is 4. The number of aliphatic hydroxyl groups excluding tert-OH is 4. The molecule has 0 bridgehead atoms. The first-order valence-corrected chi connectivity index (χ1v) is 13.8. The monoisotopic (exact) mass is 480 g/mol. The molecule has 4 aliphatic carbocycles. The van der Waals surface area contributed by atoms with E-state index in [0.717, 1.165) is 19.3 Å². The SMILES string of the molecule is CC(C)C(CC[C@@H](C)[C@H]1CC[C@H]2[C@@H]3[C@H](O)C[C@@H]4C[C@H](O)C[C@@H](O)[C@]4(C)[C@H]3C[C@H](O)[C@]12C)C(=O)O. The van der Waals surface area contributed by atoms with E-state index in [-0.39, 0.29) is 46.3 Å². The van der Waals surface area contributed by atoms with Crippen molar-refractivity contribution in [2.45, 2.75) is 110 Å². The minimum absolute atomic E-state index is 0.0446. The summed E-state index contributed by atoms with van der Waals surface area (Å²) in [5, 5.41) is 54.1. The Morgan fingerprint density at radius 1 is 0.853 bits per heavy atom. The van der Waals surface area contributed by atoms with E-state index in [2.05, 4.69) is 20.8 Å². The van der Waals surface area contributed by atoms with Crippen LogP contribution < -0.4 is 0 Å². The van der Waals surface area contributed by atoms with Crippen LogP contribution in [0.3, 0.4) is 0 Å². The number of aliphatic carboxylic acids is 1. The molecule has 0 aliphatic heterocycles. The van der Waals surface area contributed by atoms with Crippen molar-refractivity contribution in [3.8, 4) is 0 Å². The van der Waals surface area contributed by atoms with Gasteiger partial charge in [-0.3, -0.25) is 4.79 Å². The fourth-order valence-corrected chi connectivity index (χ4v) is 9.59. The van der Waals surface area contributed by atoms with Crippen LogP contribution in [-0.4, -0.2) is 55.9 Å². The van der Waals surface area contributed by atoms with Gasteiger partial charge in [-0.25, -0.2) is 0 Å². The highest BCUT2D eigenvalue weighted by Gasteiger charge is 2.67. The van der Waals surface area contributed by atoms with Crippen molar-refractivity contribution >= 4 is 5.97 Å². The fourth-order valence-electron chi connectivity index (χ4n) is 9.59. The van der Waals surface area contributed by atoms with Crippen molar-refractivity contribution in [1.29, 1.82) is 0 Å². The molecule has 0 amide bonds. The van der Waals surface area contributed by atoms with Gasteiger partial charge in [0.1, 0.15) is 0 Å².